The summed E-state index contributed by atoms with van der Waals surface area (Å²) < 4.78 is 13.2. The summed E-state index contributed by atoms with van der Waals surface area (Å²) in [6.45, 7) is 1.71. The van der Waals surface area contributed by atoms with Crippen molar-refractivity contribution >= 4 is 40.3 Å². The van der Waals surface area contributed by atoms with E-state index in [0.717, 1.165) is 23.4 Å². The molecular formula is C21H21FN4O2S2. The van der Waals surface area contributed by atoms with E-state index >= 15 is 0 Å². The molecule has 156 valence electrons. The number of benzene rings is 1. The van der Waals surface area contributed by atoms with E-state index in [4.69, 9.17) is 0 Å². The van der Waals surface area contributed by atoms with E-state index in [9.17, 15) is 14.0 Å². The number of likely N-dealkylation sites (tertiary alicyclic amines) is 1. The number of thiophene rings is 1. The number of piperidine rings is 1. The molecule has 1 aromatic carbocycles. The Labute approximate surface area is 181 Å². The average Bonchev–Trinajstić information content (AvgIpc) is 3.44. The van der Waals surface area contributed by atoms with Gasteiger partial charge in [-0.3, -0.25) is 4.79 Å². The maximum atomic E-state index is 13.2. The van der Waals surface area contributed by atoms with E-state index in [1.165, 1.54) is 29.5 Å². The summed E-state index contributed by atoms with van der Waals surface area (Å²) in [7, 11) is 0. The molecule has 0 radical (unpaired) electrons. The van der Waals surface area contributed by atoms with Gasteiger partial charge in [0.1, 0.15) is 16.5 Å². The Kier molecular flexibility index (Phi) is 6.39. The first-order chi connectivity index (χ1) is 14.6. The lowest BCUT2D eigenvalue weighted by atomic mass is 9.98. The van der Waals surface area contributed by atoms with Crippen LogP contribution in [0.2, 0.25) is 0 Å². The first-order valence-corrected chi connectivity index (χ1v) is 11.5. The number of amides is 3. The van der Waals surface area contributed by atoms with Crippen LogP contribution in [-0.4, -0.2) is 41.5 Å². The van der Waals surface area contributed by atoms with Gasteiger partial charge < -0.3 is 15.5 Å². The number of urea groups is 1. The Balaban J connectivity index is 1.30. The van der Waals surface area contributed by atoms with Crippen molar-refractivity contribution < 1.29 is 14.0 Å². The molecule has 1 unspecified atom stereocenters. The number of thiazole rings is 1. The second kappa shape index (κ2) is 9.36. The van der Waals surface area contributed by atoms with E-state index < -0.39 is 5.82 Å². The molecule has 2 aromatic heterocycles. The fraction of sp³-hybridized carbons (Fsp3) is 0.286. The van der Waals surface area contributed by atoms with Gasteiger partial charge in [0.2, 0.25) is 0 Å². The predicted molar refractivity (Wildman–Crippen MR) is 117 cm³/mol. The van der Waals surface area contributed by atoms with Crippen LogP contribution < -0.4 is 10.6 Å². The van der Waals surface area contributed by atoms with Crippen molar-refractivity contribution in [3.63, 3.8) is 0 Å². The van der Waals surface area contributed by atoms with Gasteiger partial charge in [-0.1, -0.05) is 6.07 Å². The Bertz CT molecular complexity index is 1020. The average molecular weight is 445 g/mol. The highest BCUT2D eigenvalue weighted by Gasteiger charge is 2.26. The molecule has 3 heterocycles. The number of hydrogen-bond acceptors (Lipinski definition) is 5. The highest BCUT2D eigenvalue weighted by molar-refractivity contribution is 7.14. The topological polar surface area (TPSA) is 74.3 Å². The Morgan fingerprint density at radius 2 is 2.17 bits per heavy atom. The first-order valence-electron chi connectivity index (χ1n) is 9.66. The molecule has 1 fully saturated rings. The van der Waals surface area contributed by atoms with Crippen LogP contribution in [0.3, 0.4) is 0 Å². The van der Waals surface area contributed by atoms with Crippen LogP contribution in [0.5, 0.6) is 0 Å². The second-order valence-electron chi connectivity index (χ2n) is 7.15. The van der Waals surface area contributed by atoms with Gasteiger partial charge in [-0.15, -0.1) is 11.3 Å². The Hall–Kier alpha value is -2.78. The van der Waals surface area contributed by atoms with Crippen molar-refractivity contribution in [1.29, 1.82) is 0 Å². The molecule has 6 nitrogen and oxygen atoms in total. The van der Waals surface area contributed by atoms with Gasteiger partial charge in [0.25, 0.3) is 5.91 Å². The van der Waals surface area contributed by atoms with Crippen LogP contribution in [0.25, 0.3) is 10.6 Å². The molecule has 0 saturated carbocycles. The third-order valence-corrected chi connectivity index (χ3v) is 6.51. The summed E-state index contributed by atoms with van der Waals surface area (Å²) in [5.74, 6) is -0.309. The van der Waals surface area contributed by atoms with Gasteiger partial charge in [-0.05, 0) is 48.4 Å². The fourth-order valence-corrected chi connectivity index (χ4v) is 4.95. The third-order valence-electron chi connectivity index (χ3n) is 4.93. The number of carbonyl (C=O) groups excluding carboxylic acids is 2. The molecule has 1 saturated heterocycles. The zero-order valence-electron chi connectivity index (χ0n) is 16.1. The van der Waals surface area contributed by atoms with Crippen molar-refractivity contribution in [2.45, 2.75) is 12.8 Å². The summed E-state index contributed by atoms with van der Waals surface area (Å²) in [5, 5.41) is 12.1. The van der Waals surface area contributed by atoms with Gasteiger partial charge in [0.15, 0.2) is 0 Å². The third kappa shape index (κ3) is 5.03. The molecule has 3 aromatic rings. The van der Waals surface area contributed by atoms with Gasteiger partial charge in [0, 0.05) is 41.6 Å². The number of hydrogen-bond donors (Lipinski definition) is 2. The van der Waals surface area contributed by atoms with Crippen LogP contribution in [0.4, 0.5) is 14.9 Å². The van der Waals surface area contributed by atoms with Crippen LogP contribution >= 0.6 is 22.7 Å². The predicted octanol–water partition coefficient (Wildman–Crippen LogP) is 4.68. The van der Waals surface area contributed by atoms with Gasteiger partial charge in [-0.2, -0.15) is 11.3 Å². The largest absolute Gasteiger partial charge is 0.338 e. The number of aromatic nitrogens is 1. The molecule has 4 rings (SSSR count). The summed E-state index contributed by atoms with van der Waals surface area (Å²) >= 11 is 3.07. The maximum Gasteiger partial charge on any atom is 0.319 e. The normalized spacial score (nSPS) is 16.3. The lowest BCUT2D eigenvalue weighted by Gasteiger charge is -2.32. The molecule has 0 spiro atoms. The minimum absolute atomic E-state index is 0.0679. The quantitative estimate of drug-likeness (QED) is 0.600. The molecule has 30 heavy (non-hydrogen) atoms. The monoisotopic (exact) mass is 444 g/mol. The summed E-state index contributed by atoms with van der Waals surface area (Å²) in [5.41, 5.74) is 1.91. The minimum Gasteiger partial charge on any atom is -0.338 e. The minimum atomic E-state index is -0.404. The zero-order valence-corrected chi connectivity index (χ0v) is 17.8. The van der Waals surface area contributed by atoms with Crippen molar-refractivity contribution in [3.8, 4) is 10.6 Å². The Morgan fingerprint density at radius 3 is 2.97 bits per heavy atom. The molecule has 9 heteroatoms. The number of halogens is 1. The van der Waals surface area contributed by atoms with E-state index in [0.29, 0.717) is 31.0 Å². The highest BCUT2D eigenvalue weighted by atomic mass is 32.1. The summed E-state index contributed by atoms with van der Waals surface area (Å²) in [4.78, 5) is 31.3. The summed E-state index contributed by atoms with van der Waals surface area (Å²) in [6, 6.07) is 7.36. The Morgan fingerprint density at radius 1 is 1.27 bits per heavy atom. The van der Waals surface area contributed by atoms with Crippen LogP contribution in [-0.2, 0) is 0 Å². The maximum absolute atomic E-state index is 13.2. The number of nitrogens with one attached hydrogen (secondary N) is 2. The molecule has 0 aliphatic carbocycles. The second-order valence-corrected chi connectivity index (χ2v) is 8.79. The molecular weight excluding hydrogens is 423 g/mol. The van der Waals surface area contributed by atoms with Crippen molar-refractivity contribution in [3.05, 3.63) is 58.0 Å². The number of anilines is 1. The summed E-state index contributed by atoms with van der Waals surface area (Å²) in [6.07, 6.45) is 1.81. The van der Waals surface area contributed by atoms with Crippen molar-refractivity contribution in [1.82, 2.24) is 15.2 Å². The van der Waals surface area contributed by atoms with E-state index in [1.807, 2.05) is 27.1 Å². The van der Waals surface area contributed by atoms with E-state index in [2.05, 4.69) is 15.6 Å². The van der Waals surface area contributed by atoms with Crippen molar-refractivity contribution in [2.24, 2.45) is 5.92 Å². The van der Waals surface area contributed by atoms with Crippen LogP contribution in [0, 0.1) is 11.7 Å². The van der Waals surface area contributed by atoms with Gasteiger partial charge in [0.05, 0.1) is 0 Å². The molecule has 2 N–H and O–H groups in total. The lowest BCUT2D eigenvalue weighted by Crippen LogP contribution is -2.44. The first kappa shape index (κ1) is 20.5. The molecule has 1 atom stereocenters. The number of rotatable bonds is 5. The number of nitrogens with zero attached hydrogens (tertiary/aromatic N) is 2. The molecule has 1 aliphatic rings. The highest BCUT2D eigenvalue weighted by Crippen LogP contribution is 2.27. The smallest absolute Gasteiger partial charge is 0.319 e. The molecule has 1 aliphatic heterocycles. The van der Waals surface area contributed by atoms with Crippen molar-refractivity contribution in [2.75, 3.05) is 25.0 Å². The molecule has 0 bridgehead atoms. The SMILES string of the molecule is O=C(NCC1CCCN(C(=O)c2csc(-c3ccsc3)n2)C1)Nc1cccc(F)c1. The van der Waals surface area contributed by atoms with Gasteiger partial charge in [-0.25, -0.2) is 14.2 Å². The fourth-order valence-electron chi connectivity index (χ4n) is 3.45. The lowest BCUT2D eigenvalue weighted by molar-refractivity contribution is 0.0670. The van der Waals surface area contributed by atoms with Crippen LogP contribution in [0.1, 0.15) is 23.3 Å². The van der Waals surface area contributed by atoms with E-state index in [-0.39, 0.29) is 17.9 Å². The number of carbonyl (C=O) groups is 2. The standard InChI is InChI=1S/C21H21FN4O2S2/c22-16-4-1-5-17(9-16)24-21(28)23-10-14-3-2-7-26(11-14)20(27)18-13-30-19(25-18)15-6-8-29-12-15/h1,4-6,8-9,12-14H,2-3,7,10-11H2,(H2,23,24,28). The van der Waals surface area contributed by atoms with Gasteiger partial charge >= 0.3 is 6.03 Å². The molecule has 3 amide bonds. The van der Waals surface area contributed by atoms with E-state index in [1.54, 1.807) is 17.4 Å². The van der Waals surface area contributed by atoms with Crippen LogP contribution in [0.15, 0.2) is 46.5 Å². The zero-order chi connectivity index (χ0) is 20.9.